The van der Waals surface area contributed by atoms with E-state index >= 15 is 0 Å². The van der Waals surface area contributed by atoms with Crippen molar-refractivity contribution in [3.63, 3.8) is 0 Å². The van der Waals surface area contributed by atoms with Crippen molar-refractivity contribution in [3.8, 4) is 0 Å². The minimum absolute atomic E-state index is 0.00728. The summed E-state index contributed by atoms with van der Waals surface area (Å²) in [5.41, 5.74) is 3.58. The Bertz CT molecular complexity index is 736. The average molecular weight is 399 g/mol. The van der Waals surface area contributed by atoms with Gasteiger partial charge < -0.3 is 9.84 Å². The number of aryl methyl sites for hydroxylation is 1. The number of ketones is 1. The number of esters is 1. The molecule has 0 heterocycles. The van der Waals surface area contributed by atoms with E-state index in [0.29, 0.717) is 18.6 Å². The molecule has 0 unspecified atom stereocenters. The van der Waals surface area contributed by atoms with Gasteiger partial charge in [-0.3, -0.25) is 9.59 Å². The van der Waals surface area contributed by atoms with E-state index in [4.69, 9.17) is 4.74 Å². The number of carbonyl (C=O) groups is 2. The van der Waals surface area contributed by atoms with Crippen LogP contribution in [-0.2, 0) is 27.2 Å². The third-order valence-electron chi connectivity index (χ3n) is 6.55. The van der Waals surface area contributed by atoms with Crippen LogP contribution in [0.5, 0.6) is 0 Å². The van der Waals surface area contributed by atoms with Crippen molar-refractivity contribution >= 4 is 11.8 Å². The maximum atomic E-state index is 12.8. The van der Waals surface area contributed by atoms with Gasteiger partial charge in [-0.15, -0.1) is 0 Å². The van der Waals surface area contributed by atoms with Crippen molar-refractivity contribution in [3.05, 3.63) is 47.0 Å². The third-order valence-corrected chi connectivity index (χ3v) is 6.55. The number of aliphatic hydroxyl groups excluding tert-OH is 1. The van der Waals surface area contributed by atoms with E-state index in [-0.39, 0.29) is 23.9 Å². The van der Waals surface area contributed by atoms with E-state index in [0.717, 1.165) is 63.4 Å². The summed E-state index contributed by atoms with van der Waals surface area (Å²) in [4.78, 5) is 24.2. The first-order valence-corrected chi connectivity index (χ1v) is 11.1. The SMILES string of the molecule is COC(=O)CCCc1ccccc1C[C@H]1C(=O)CCC[C@@H]1/C=C1\CCCC[C@@H]1O. The molecule has 158 valence electrons. The minimum Gasteiger partial charge on any atom is -0.469 e. The van der Waals surface area contributed by atoms with E-state index < -0.39 is 0 Å². The van der Waals surface area contributed by atoms with Gasteiger partial charge in [0, 0.05) is 18.8 Å². The Morgan fingerprint density at radius 1 is 1.14 bits per heavy atom. The summed E-state index contributed by atoms with van der Waals surface area (Å²) in [5, 5.41) is 10.4. The zero-order valence-electron chi connectivity index (χ0n) is 17.6. The van der Waals surface area contributed by atoms with Gasteiger partial charge in [-0.05, 0) is 74.0 Å². The highest BCUT2D eigenvalue weighted by Gasteiger charge is 2.32. The summed E-state index contributed by atoms with van der Waals surface area (Å²) >= 11 is 0. The lowest BCUT2D eigenvalue weighted by Gasteiger charge is -2.31. The van der Waals surface area contributed by atoms with Crippen molar-refractivity contribution < 1.29 is 19.4 Å². The van der Waals surface area contributed by atoms with Gasteiger partial charge in [-0.25, -0.2) is 0 Å². The van der Waals surface area contributed by atoms with Crippen LogP contribution in [0, 0.1) is 11.8 Å². The molecule has 3 atom stereocenters. The molecule has 0 aromatic heterocycles. The number of benzene rings is 1. The second kappa shape index (κ2) is 10.7. The molecule has 1 aromatic carbocycles. The molecule has 29 heavy (non-hydrogen) atoms. The van der Waals surface area contributed by atoms with E-state index in [1.165, 1.54) is 18.2 Å². The molecule has 0 radical (unpaired) electrons. The summed E-state index contributed by atoms with van der Waals surface area (Å²) in [6, 6.07) is 8.29. The molecule has 3 rings (SSSR count). The number of hydrogen-bond acceptors (Lipinski definition) is 4. The Labute approximate surface area is 174 Å². The molecular weight excluding hydrogens is 364 g/mol. The molecule has 2 aliphatic carbocycles. The van der Waals surface area contributed by atoms with Gasteiger partial charge in [0.25, 0.3) is 0 Å². The second-order valence-electron chi connectivity index (χ2n) is 8.53. The first-order valence-electron chi connectivity index (χ1n) is 11.1. The van der Waals surface area contributed by atoms with Gasteiger partial charge in [0.1, 0.15) is 5.78 Å². The first-order chi connectivity index (χ1) is 14.1. The summed E-state index contributed by atoms with van der Waals surface area (Å²) < 4.78 is 4.74. The molecule has 0 bridgehead atoms. The molecule has 2 aliphatic rings. The maximum absolute atomic E-state index is 12.8. The third kappa shape index (κ3) is 6.02. The Morgan fingerprint density at radius 3 is 2.69 bits per heavy atom. The number of carbonyl (C=O) groups excluding carboxylic acids is 2. The lowest BCUT2D eigenvalue weighted by Crippen LogP contribution is -2.30. The fourth-order valence-corrected chi connectivity index (χ4v) is 4.85. The molecule has 4 heteroatoms. The van der Waals surface area contributed by atoms with Crippen LogP contribution in [0.15, 0.2) is 35.9 Å². The Morgan fingerprint density at radius 2 is 1.93 bits per heavy atom. The lowest BCUT2D eigenvalue weighted by atomic mass is 9.73. The number of ether oxygens (including phenoxy) is 1. The maximum Gasteiger partial charge on any atom is 0.305 e. The number of hydrogen-bond donors (Lipinski definition) is 1. The smallest absolute Gasteiger partial charge is 0.305 e. The molecule has 2 fully saturated rings. The van der Waals surface area contributed by atoms with Crippen LogP contribution in [0.1, 0.15) is 68.9 Å². The molecule has 0 amide bonds. The largest absolute Gasteiger partial charge is 0.469 e. The van der Waals surface area contributed by atoms with E-state index in [1.54, 1.807) is 0 Å². The van der Waals surface area contributed by atoms with Crippen LogP contribution >= 0.6 is 0 Å². The number of rotatable bonds is 7. The Balaban J connectivity index is 1.73. The van der Waals surface area contributed by atoms with Crippen LogP contribution in [0.4, 0.5) is 0 Å². The van der Waals surface area contributed by atoms with Gasteiger partial charge in [-0.1, -0.05) is 36.8 Å². The summed E-state index contributed by atoms with van der Waals surface area (Å²) in [6.45, 7) is 0. The van der Waals surface area contributed by atoms with Crippen molar-refractivity contribution in [2.45, 2.75) is 76.7 Å². The average Bonchev–Trinajstić information content (AvgIpc) is 2.73. The normalized spacial score (nSPS) is 26.5. The molecule has 2 saturated carbocycles. The van der Waals surface area contributed by atoms with E-state index in [1.807, 2.05) is 12.1 Å². The number of aliphatic hydroxyl groups is 1. The molecule has 1 N–H and O–H groups in total. The van der Waals surface area contributed by atoms with E-state index in [9.17, 15) is 14.7 Å². The summed E-state index contributed by atoms with van der Waals surface area (Å²) in [6.07, 6.45) is 11.3. The number of allylic oxidation sites excluding steroid dienone is 1. The topological polar surface area (TPSA) is 63.6 Å². The van der Waals surface area contributed by atoms with Gasteiger partial charge in [-0.2, -0.15) is 0 Å². The highest BCUT2D eigenvalue weighted by molar-refractivity contribution is 5.82. The Kier molecular flexibility index (Phi) is 8.05. The van der Waals surface area contributed by atoms with Crippen molar-refractivity contribution in [1.29, 1.82) is 0 Å². The predicted molar refractivity (Wildman–Crippen MR) is 113 cm³/mol. The molecule has 4 nitrogen and oxygen atoms in total. The van der Waals surface area contributed by atoms with Gasteiger partial charge in [0.2, 0.25) is 0 Å². The van der Waals surface area contributed by atoms with Crippen molar-refractivity contribution in [1.82, 2.24) is 0 Å². The van der Waals surface area contributed by atoms with Crippen LogP contribution < -0.4 is 0 Å². The monoisotopic (exact) mass is 398 g/mol. The highest BCUT2D eigenvalue weighted by atomic mass is 16.5. The second-order valence-corrected chi connectivity index (χ2v) is 8.53. The predicted octanol–water partition coefficient (Wildman–Crippen LogP) is 4.57. The number of methoxy groups -OCH3 is 1. The zero-order chi connectivity index (χ0) is 20.6. The zero-order valence-corrected chi connectivity index (χ0v) is 17.6. The van der Waals surface area contributed by atoms with Gasteiger partial charge >= 0.3 is 5.97 Å². The number of Topliss-reactive ketones (excluding diaryl/α,β-unsaturated/α-hetero) is 1. The Hall–Kier alpha value is -1.94. The first kappa shape index (κ1) is 21.8. The van der Waals surface area contributed by atoms with Crippen molar-refractivity contribution in [2.24, 2.45) is 11.8 Å². The molecule has 0 saturated heterocycles. The van der Waals surface area contributed by atoms with E-state index in [2.05, 4.69) is 18.2 Å². The highest BCUT2D eigenvalue weighted by Crippen LogP contribution is 2.35. The summed E-state index contributed by atoms with van der Waals surface area (Å²) in [7, 11) is 1.42. The molecule has 0 spiro atoms. The fraction of sp³-hybridized carbons (Fsp3) is 0.600. The van der Waals surface area contributed by atoms with Gasteiger partial charge in [0.15, 0.2) is 0 Å². The van der Waals surface area contributed by atoms with Crippen LogP contribution in [0.25, 0.3) is 0 Å². The minimum atomic E-state index is -0.327. The van der Waals surface area contributed by atoms with Crippen LogP contribution in [0.2, 0.25) is 0 Å². The van der Waals surface area contributed by atoms with Crippen LogP contribution in [-0.4, -0.2) is 30.1 Å². The molecule has 0 aliphatic heterocycles. The summed E-state index contributed by atoms with van der Waals surface area (Å²) in [5.74, 6) is 0.393. The van der Waals surface area contributed by atoms with Crippen molar-refractivity contribution in [2.75, 3.05) is 7.11 Å². The molecular formula is C25H34O4. The quantitative estimate of drug-likeness (QED) is 0.540. The standard InChI is InChI=1S/C25H34O4/c1-29-25(28)15-7-11-18-8-2-3-9-19(18)17-22-20(12-6-14-24(22)27)16-21-10-4-5-13-23(21)26/h2-3,8-9,16,20,22-23,26H,4-7,10-15,17H2,1H3/b21-16+/t20-,22-,23+/m1/s1. The lowest BCUT2D eigenvalue weighted by molar-refractivity contribution is -0.140. The van der Waals surface area contributed by atoms with Crippen LogP contribution in [0.3, 0.4) is 0 Å². The fourth-order valence-electron chi connectivity index (χ4n) is 4.85. The van der Waals surface area contributed by atoms with Gasteiger partial charge in [0.05, 0.1) is 13.2 Å². The molecule has 1 aromatic rings.